The Morgan fingerprint density at radius 2 is 1.81 bits per heavy atom. The molecule has 1 saturated heterocycles. The predicted octanol–water partition coefficient (Wildman–Crippen LogP) is 2.60. The predicted molar refractivity (Wildman–Crippen MR) is 122 cm³/mol. The van der Waals surface area contributed by atoms with E-state index in [0.29, 0.717) is 16.7 Å². The number of nitrogens with one attached hydrogen (secondary N) is 1. The molecular formula is C23H26ClN3O5. The van der Waals surface area contributed by atoms with Gasteiger partial charge in [0.15, 0.2) is 5.58 Å². The molecule has 3 aromatic rings. The Kier molecular flexibility index (Phi) is 7.71. The molecule has 1 fully saturated rings. The van der Waals surface area contributed by atoms with Crippen LogP contribution in [0.5, 0.6) is 0 Å². The minimum atomic E-state index is -1.14. The third kappa shape index (κ3) is 5.57. The summed E-state index contributed by atoms with van der Waals surface area (Å²) in [5.41, 5.74) is 2.40. The van der Waals surface area contributed by atoms with Crippen LogP contribution in [0.2, 0.25) is 0 Å². The van der Waals surface area contributed by atoms with E-state index in [0.717, 1.165) is 29.8 Å². The molecule has 0 saturated carbocycles. The molecule has 2 aromatic carbocycles. The molecule has 4 rings (SSSR count). The van der Waals surface area contributed by atoms with Gasteiger partial charge in [-0.25, -0.2) is 4.79 Å². The molecule has 0 radical (unpaired) electrons. The van der Waals surface area contributed by atoms with Crippen molar-refractivity contribution in [3.8, 4) is 0 Å². The molecule has 1 amide bonds. The number of hydrogen-bond donors (Lipinski definition) is 2. The van der Waals surface area contributed by atoms with Crippen molar-refractivity contribution < 1.29 is 19.1 Å². The summed E-state index contributed by atoms with van der Waals surface area (Å²) in [5, 5.41) is 12.2. The topological polar surface area (TPSA) is 105 Å². The highest BCUT2D eigenvalue weighted by atomic mass is 35.5. The van der Waals surface area contributed by atoms with Crippen LogP contribution in [0.4, 0.5) is 0 Å². The van der Waals surface area contributed by atoms with E-state index in [1.165, 1.54) is 12.8 Å². The molecule has 8 nitrogen and oxygen atoms in total. The zero-order valence-electron chi connectivity index (χ0n) is 17.5. The van der Waals surface area contributed by atoms with Crippen LogP contribution in [0.25, 0.3) is 11.1 Å². The lowest BCUT2D eigenvalue weighted by Gasteiger charge is -2.25. The molecule has 1 aliphatic heterocycles. The highest BCUT2D eigenvalue weighted by Gasteiger charge is 2.21. The molecule has 1 atom stereocenters. The summed E-state index contributed by atoms with van der Waals surface area (Å²) in [6.07, 6.45) is 2.47. The molecule has 1 aliphatic rings. The van der Waals surface area contributed by atoms with E-state index in [9.17, 15) is 14.4 Å². The van der Waals surface area contributed by atoms with Gasteiger partial charge in [0, 0.05) is 6.54 Å². The molecule has 0 aliphatic carbocycles. The smallest absolute Gasteiger partial charge is 0.420 e. The van der Waals surface area contributed by atoms with Crippen LogP contribution >= 0.6 is 12.4 Å². The minimum absolute atomic E-state index is 0. The maximum atomic E-state index is 12.9. The van der Waals surface area contributed by atoms with Crippen molar-refractivity contribution in [2.75, 3.05) is 19.6 Å². The number of halogens is 1. The number of carbonyl (C=O) groups is 2. The van der Waals surface area contributed by atoms with Crippen LogP contribution < -0.4 is 11.1 Å². The fourth-order valence-electron chi connectivity index (χ4n) is 4.08. The molecule has 9 heteroatoms. The van der Waals surface area contributed by atoms with Gasteiger partial charge in [-0.3, -0.25) is 14.2 Å². The van der Waals surface area contributed by atoms with Gasteiger partial charge in [-0.2, -0.15) is 0 Å². The maximum absolute atomic E-state index is 12.9. The number of carboxylic acid groups (broad SMARTS) is 1. The van der Waals surface area contributed by atoms with Crippen LogP contribution in [-0.4, -0.2) is 46.1 Å². The number of aromatic nitrogens is 1. The van der Waals surface area contributed by atoms with Gasteiger partial charge < -0.3 is 19.7 Å². The first-order chi connectivity index (χ1) is 15.0. The van der Waals surface area contributed by atoms with E-state index in [1.807, 2.05) is 30.3 Å². The van der Waals surface area contributed by atoms with E-state index in [4.69, 9.17) is 9.52 Å². The van der Waals surface area contributed by atoms with E-state index in [2.05, 4.69) is 10.2 Å². The molecule has 0 bridgehead atoms. The van der Waals surface area contributed by atoms with Gasteiger partial charge >= 0.3 is 11.7 Å². The standard InChI is InChI=1S/C23H25N3O5.ClH/c27-21(24-18(14-25-10-4-5-11-25)17-6-2-1-3-7-17)13-16-8-9-20-19(12-16)26(15-22(28)29)23(30)31-20;/h1-3,6-9,12,18H,4-5,10-11,13-15H2,(H,24,27)(H,28,29);1H. The van der Waals surface area contributed by atoms with Crippen LogP contribution in [0.3, 0.4) is 0 Å². The Hall–Kier alpha value is -3.10. The lowest BCUT2D eigenvalue weighted by molar-refractivity contribution is -0.137. The number of fused-ring (bicyclic) bond motifs is 1. The third-order valence-corrected chi connectivity index (χ3v) is 5.57. The summed E-state index contributed by atoms with van der Waals surface area (Å²) < 4.78 is 6.15. The highest BCUT2D eigenvalue weighted by Crippen LogP contribution is 2.19. The van der Waals surface area contributed by atoms with E-state index >= 15 is 0 Å². The van der Waals surface area contributed by atoms with Gasteiger partial charge in [-0.1, -0.05) is 36.4 Å². The van der Waals surface area contributed by atoms with Crippen molar-refractivity contribution in [1.29, 1.82) is 0 Å². The molecule has 170 valence electrons. The monoisotopic (exact) mass is 459 g/mol. The van der Waals surface area contributed by atoms with Gasteiger partial charge in [0.25, 0.3) is 0 Å². The lowest BCUT2D eigenvalue weighted by Crippen LogP contribution is -2.37. The quantitative estimate of drug-likeness (QED) is 0.536. The molecule has 1 unspecified atom stereocenters. The minimum Gasteiger partial charge on any atom is -0.480 e. The molecule has 2 N–H and O–H groups in total. The Morgan fingerprint density at radius 1 is 1.09 bits per heavy atom. The van der Waals surface area contributed by atoms with Crippen LogP contribution in [-0.2, 0) is 22.6 Å². The van der Waals surface area contributed by atoms with Crippen LogP contribution in [0.1, 0.15) is 30.0 Å². The Morgan fingerprint density at radius 3 is 2.50 bits per heavy atom. The second kappa shape index (κ2) is 10.5. The normalized spacial score (nSPS) is 14.8. The zero-order valence-corrected chi connectivity index (χ0v) is 18.3. The van der Waals surface area contributed by atoms with Gasteiger partial charge in [0.05, 0.1) is 18.0 Å². The number of amides is 1. The molecule has 32 heavy (non-hydrogen) atoms. The van der Waals surface area contributed by atoms with E-state index < -0.39 is 18.3 Å². The third-order valence-electron chi connectivity index (χ3n) is 5.57. The summed E-state index contributed by atoms with van der Waals surface area (Å²) >= 11 is 0. The lowest BCUT2D eigenvalue weighted by atomic mass is 10.1. The molecular weight excluding hydrogens is 434 g/mol. The zero-order chi connectivity index (χ0) is 21.8. The molecule has 1 aromatic heterocycles. The Balaban J connectivity index is 0.00000289. The fraction of sp³-hybridized carbons (Fsp3) is 0.348. The second-order valence-corrected chi connectivity index (χ2v) is 7.87. The van der Waals surface area contributed by atoms with Crippen molar-refractivity contribution in [3.05, 3.63) is 70.2 Å². The summed E-state index contributed by atoms with van der Waals surface area (Å²) in [6, 6.07) is 14.8. The number of nitrogens with zero attached hydrogens (tertiary/aromatic N) is 2. The van der Waals surface area contributed by atoms with Crippen LogP contribution in [0, 0.1) is 0 Å². The molecule has 2 heterocycles. The van der Waals surface area contributed by atoms with Gasteiger partial charge in [0.1, 0.15) is 6.54 Å². The van der Waals surface area contributed by atoms with Crippen molar-refractivity contribution in [3.63, 3.8) is 0 Å². The fourth-order valence-corrected chi connectivity index (χ4v) is 4.08. The van der Waals surface area contributed by atoms with Crippen molar-refractivity contribution in [2.24, 2.45) is 0 Å². The summed E-state index contributed by atoms with van der Waals surface area (Å²) in [7, 11) is 0. The number of hydrogen-bond acceptors (Lipinski definition) is 5. The van der Waals surface area contributed by atoms with Crippen molar-refractivity contribution in [2.45, 2.75) is 31.8 Å². The SMILES string of the molecule is Cl.O=C(O)Cn1c(=O)oc2ccc(CC(=O)NC(CN3CCCC3)c3ccccc3)cc21. The van der Waals surface area contributed by atoms with E-state index in [1.54, 1.807) is 18.2 Å². The number of oxazole rings is 1. The largest absolute Gasteiger partial charge is 0.480 e. The first kappa shape index (κ1) is 23.6. The number of aliphatic carboxylic acids is 1. The van der Waals surface area contributed by atoms with Crippen molar-refractivity contribution >= 4 is 35.4 Å². The first-order valence-electron chi connectivity index (χ1n) is 10.4. The average molecular weight is 460 g/mol. The van der Waals surface area contributed by atoms with Crippen LogP contribution in [0.15, 0.2) is 57.7 Å². The molecule has 0 spiro atoms. The van der Waals surface area contributed by atoms with Crippen molar-refractivity contribution in [1.82, 2.24) is 14.8 Å². The van der Waals surface area contributed by atoms with E-state index in [-0.39, 0.29) is 30.8 Å². The Labute approximate surface area is 191 Å². The number of likely N-dealkylation sites (tertiary alicyclic amines) is 1. The summed E-state index contributed by atoms with van der Waals surface area (Å²) in [4.78, 5) is 38.2. The summed E-state index contributed by atoms with van der Waals surface area (Å²) in [5.74, 6) is -2.00. The average Bonchev–Trinajstić information content (AvgIpc) is 3.36. The second-order valence-electron chi connectivity index (χ2n) is 7.87. The first-order valence-corrected chi connectivity index (χ1v) is 10.4. The number of benzene rings is 2. The highest BCUT2D eigenvalue weighted by molar-refractivity contribution is 5.85. The number of carbonyl (C=O) groups excluding carboxylic acids is 1. The maximum Gasteiger partial charge on any atom is 0.420 e. The number of rotatable bonds is 8. The summed E-state index contributed by atoms with van der Waals surface area (Å²) in [6.45, 7) is 2.34. The number of carboxylic acids is 1. The van der Waals surface area contributed by atoms with Gasteiger partial charge in [0.2, 0.25) is 5.91 Å². The van der Waals surface area contributed by atoms with Gasteiger partial charge in [-0.15, -0.1) is 12.4 Å². The van der Waals surface area contributed by atoms with Gasteiger partial charge in [-0.05, 0) is 49.2 Å². The Bertz CT molecular complexity index is 1140.